The first-order chi connectivity index (χ1) is 12.1. The fourth-order valence-electron chi connectivity index (χ4n) is 3.02. The van der Waals surface area contributed by atoms with Crippen LogP contribution in [-0.2, 0) is 17.8 Å². The van der Waals surface area contributed by atoms with E-state index in [0.29, 0.717) is 13.0 Å². The van der Waals surface area contributed by atoms with Gasteiger partial charge in [-0.1, -0.05) is 42.5 Å². The van der Waals surface area contributed by atoms with Gasteiger partial charge in [-0.3, -0.25) is 4.79 Å². The van der Waals surface area contributed by atoms with E-state index in [-0.39, 0.29) is 5.91 Å². The molecule has 1 aromatic heterocycles. The second-order valence-electron chi connectivity index (χ2n) is 6.24. The van der Waals surface area contributed by atoms with Crippen molar-refractivity contribution >= 4 is 16.9 Å². The maximum Gasteiger partial charge on any atom is 0.237 e. The van der Waals surface area contributed by atoms with Crippen molar-refractivity contribution in [1.29, 1.82) is 0 Å². The number of nitrogens with one attached hydrogen (secondary N) is 1. The minimum absolute atomic E-state index is 0.101. The molecule has 0 aliphatic rings. The highest BCUT2D eigenvalue weighted by Crippen LogP contribution is 2.15. The first kappa shape index (κ1) is 17.2. The molecule has 130 valence electrons. The van der Waals surface area contributed by atoms with Gasteiger partial charge < -0.3 is 15.6 Å². The first-order valence-electron chi connectivity index (χ1n) is 8.64. The SMILES string of the molecule is Cc1nc2ccccc2n1CCCNC(=O)C(N)Cc1ccccc1. The molecule has 1 unspecified atom stereocenters. The van der Waals surface area contributed by atoms with Crippen molar-refractivity contribution in [2.75, 3.05) is 6.54 Å². The van der Waals surface area contributed by atoms with Crippen LogP contribution in [0.3, 0.4) is 0 Å². The second kappa shape index (κ2) is 7.94. The van der Waals surface area contributed by atoms with Crippen molar-refractivity contribution in [2.24, 2.45) is 5.73 Å². The molecule has 0 aliphatic carbocycles. The van der Waals surface area contributed by atoms with E-state index in [4.69, 9.17) is 5.73 Å². The standard InChI is InChI=1S/C20H24N4O/c1-15-23-18-10-5-6-11-19(18)24(15)13-7-12-22-20(25)17(21)14-16-8-3-2-4-9-16/h2-6,8-11,17H,7,12-14,21H2,1H3,(H,22,25). The maximum atomic E-state index is 12.1. The molecule has 0 aliphatic heterocycles. The summed E-state index contributed by atoms with van der Waals surface area (Å²) in [4.78, 5) is 16.7. The summed E-state index contributed by atoms with van der Waals surface area (Å²) in [6, 6.07) is 17.4. The second-order valence-corrected chi connectivity index (χ2v) is 6.24. The molecule has 0 radical (unpaired) electrons. The number of para-hydroxylation sites is 2. The number of aromatic nitrogens is 2. The fraction of sp³-hybridized carbons (Fsp3) is 0.300. The molecule has 1 heterocycles. The van der Waals surface area contributed by atoms with Crippen molar-refractivity contribution in [3.63, 3.8) is 0 Å². The number of amides is 1. The molecule has 3 rings (SSSR count). The third-order valence-corrected chi connectivity index (χ3v) is 4.34. The maximum absolute atomic E-state index is 12.1. The molecule has 3 aromatic rings. The highest BCUT2D eigenvalue weighted by Gasteiger charge is 2.13. The minimum atomic E-state index is -0.516. The lowest BCUT2D eigenvalue weighted by Crippen LogP contribution is -2.42. The van der Waals surface area contributed by atoms with E-state index in [1.54, 1.807) is 0 Å². The molecular weight excluding hydrogens is 312 g/mol. The number of fused-ring (bicyclic) bond motifs is 1. The topological polar surface area (TPSA) is 72.9 Å². The van der Waals surface area contributed by atoms with E-state index in [0.717, 1.165) is 35.4 Å². The van der Waals surface area contributed by atoms with Crippen LogP contribution in [0.5, 0.6) is 0 Å². The van der Waals surface area contributed by atoms with Crippen LogP contribution in [0.15, 0.2) is 54.6 Å². The van der Waals surface area contributed by atoms with Crippen molar-refractivity contribution in [3.8, 4) is 0 Å². The summed E-state index contributed by atoms with van der Waals surface area (Å²) in [7, 11) is 0. The molecule has 0 saturated heterocycles. The van der Waals surface area contributed by atoms with E-state index in [1.807, 2.05) is 55.5 Å². The zero-order valence-electron chi connectivity index (χ0n) is 14.5. The number of imidazole rings is 1. The summed E-state index contributed by atoms with van der Waals surface area (Å²) >= 11 is 0. The van der Waals surface area contributed by atoms with Gasteiger partial charge in [0.05, 0.1) is 17.1 Å². The van der Waals surface area contributed by atoms with Gasteiger partial charge in [-0.2, -0.15) is 0 Å². The average Bonchev–Trinajstić information content (AvgIpc) is 2.94. The molecule has 0 fully saturated rings. The average molecular weight is 336 g/mol. The van der Waals surface area contributed by atoms with Crippen LogP contribution in [0.2, 0.25) is 0 Å². The first-order valence-corrected chi connectivity index (χ1v) is 8.64. The number of benzene rings is 2. The normalized spacial score (nSPS) is 12.2. The summed E-state index contributed by atoms with van der Waals surface area (Å²) in [5, 5.41) is 2.93. The number of nitrogens with two attached hydrogens (primary N) is 1. The van der Waals surface area contributed by atoms with Crippen LogP contribution >= 0.6 is 0 Å². The summed E-state index contributed by atoms with van der Waals surface area (Å²) in [6.07, 6.45) is 1.39. The van der Waals surface area contributed by atoms with Gasteiger partial charge in [-0.15, -0.1) is 0 Å². The van der Waals surface area contributed by atoms with Crippen LogP contribution in [0.25, 0.3) is 11.0 Å². The predicted octanol–water partition coefficient (Wildman–Crippen LogP) is 2.42. The van der Waals surface area contributed by atoms with Gasteiger partial charge in [0.1, 0.15) is 5.82 Å². The molecule has 0 spiro atoms. The Morgan fingerprint density at radius 2 is 1.88 bits per heavy atom. The van der Waals surface area contributed by atoms with Crippen LogP contribution in [-0.4, -0.2) is 28.0 Å². The van der Waals surface area contributed by atoms with Gasteiger partial charge in [0, 0.05) is 13.1 Å². The lowest BCUT2D eigenvalue weighted by atomic mass is 10.1. The largest absolute Gasteiger partial charge is 0.355 e. The molecule has 25 heavy (non-hydrogen) atoms. The molecule has 0 saturated carbocycles. The molecule has 5 heteroatoms. The number of hydrogen-bond donors (Lipinski definition) is 2. The fourth-order valence-corrected chi connectivity index (χ4v) is 3.02. The van der Waals surface area contributed by atoms with E-state index in [1.165, 1.54) is 0 Å². The molecule has 1 amide bonds. The number of hydrogen-bond acceptors (Lipinski definition) is 3. The Balaban J connectivity index is 1.47. The van der Waals surface area contributed by atoms with Crippen molar-refractivity contribution in [2.45, 2.75) is 32.4 Å². The van der Waals surface area contributed by atoms with Gasteiger partial charge in [0.2, 0.25) is 5.91 Å². The molecule has 1 atom stereocenters. The summed E-state index contributed by atoms with van der Waals surface area (Å²) in [5.74, 6) is 0.893. The molecule has 2 aromatic carbocycles. The monoisotopic (exact) mass is 336 g/mol. The van der Waals surface area contributed by atoms with Gasteiger partial charge in [0.15, 0.2) is 0 Å². The third kappa shape index (κ3) is 4.25. The molecular formula is C20H24N4O. The van der Waals surface area contributed by atoms with Crippen LogP contribution in [0.4, 0.5) is 0 Å². The number of rotatable bonds is 7. The molecule has 0 bridgehead atoms. The number of carbonyl (C=O) groups is 1. The van der Waals surface area contributed by atoms with Crippen LogP contribution in [0.1, 0.15) is 17.8 Å². The lowest BCUT2D eigenvalue weighted by Gasteiger charge is -2.13. The van der Waals surface area contributed by atoms with Crippen LogP contribution < -0.4 is 11.1 Å². The Morgan fingerprint density at radius 1 is 1.16 bits per heavy atom. The quantitative estimate of drug-likeness (QED) is 0.651. The Labute approximate surface area is 147 Å². The summed E-state index contributed by atoms with van der Waals surface area (Å²) < 4.78 is 2.19. The Morgan fingerprint density at radius 3 is 2.68 bits per heavy atom. The van der Waals surface area contributed by atoms with E-state index in [9.17, 15) is 4.79 Å². The highest BCUT2D eigenvalue weighted by atomic mass is 16.2. The minimum Gasteiger partial charge on any atom is -0.355 e. The number of aryl methyl sites for hydroxylation is 2. The van der Waals surface area contributed by atoms with Crippen LogP contribution in [0, 0.1) is 6.92 Å². The van der Waals surface area contributed by atoms with E-state index >= 15 is 0 Å². The third-order valence-electron chi connectivity index (χ3n) is 4.34. The zero-order chi connectivity index (χ0) is 17.6. The predicted molar refractivity (Wildman–Crippen MR) is 100 cm³/mol. The van der Waals surface area contributed by atoms with Crippen molar-refractivity contribution < 1.29 is 4.79 Å². The highest BCUT2D eigenvalue weighted by molar-refractivity contribution is 5.81. The summed E-state index contributed by atoms with van der Waals surface area (Å²) in [5.41, 5.74) is 9.21. The lowest BCUT2D eigenvalue weighted by molar-refractivity contribution is -0.122. The van der Waals surface area contributed by atoms with Gasteiger partial charge in [-0.05, 0) is 37.5 Å². The Bertz CT molecular complexity index is 841. The molecule has 3 N–H and O–H groups in total. The van der Waals surface area contributed by atoms with Crippen molar-refractivity contribution in [3.05, 3.63) is 66.0 Å². The van der Waals surface area contributed by atoms with E-state index < -0.39 is 6.04 Å². The summed E-state index contributed by atoms with van der Waals surface area (Å²) in [6.45, 7) is 3.43. The Hall–Kier alpha value is -2.66. The van der Waals surface area contributed by atoms with Gasteiger partial charge in [0.25, 0.3) is 0 Å². The van der Waals surface area contributed by atoms with Gasteiger partial charge in [-0.25, -0.2) is 4.98 Å². The van der Waals surface area contributed by atoms with E-state index in [2.05, 4.69) is 20.9 Å². The number of carbonyl (C=O) groups excluding carboxylic acids is 1. The zero-order valence-corrected chi connectivity index (χ0v) is 14.5. The van der Waals surface area contributed by atoms with Gasteiger partial charge >= 0.3 is 0 Å². The Kier molecular flexibility index (Phi) is 5.46. The smallest absolute Gasteiger partial charge is 0.237 e. The number of nitrogens with zero attached hydrogens (tertiary/aromatic N) is 2. The molecule has 5 nitrogen and oxygen atoms in total. The van der Waals surface area contributed by atoms with Crippen molar-refractivity contribution in [1.82, 2.24) is 14.9 Å².